The fourth-order valence-corrected chi connectivity index (χ4v) is 2.80. The average Bonchev–Trinajstić information content (AvgIpc) is 2.58. The highest BCUT2D eigenvalue weighted by Gasteiger charge is 2.08. The molecule has 0 saturated heterocycles. The minimum atomic E-state index is -0.157. The molecule has 0 spiro atoms. The van der Waals surface area contributed by atoms with Crippen molar-refractivity contribution in [2.24, 2.45) is 0 Å². The molecule has 4 aromatic rings. The smallest absolute Gasteiger partial charge is 0.165 e. The molecule has 4 aromatic carbocycles. The summed E-state index contributed by atoms with van der Waals surface area (Å²) in [6.07, 6.45) is 0. The van der Waals surface area contributed by atoms with E-state index in [1.54, 1.807) is 30.3 Å². The summed E-state index contributed by atoms with van der Waals surface area (Å²) in [5.74, 6) is 0.945. The molecular weight excluding hydrogens is 304 g/mol. The summed E-state index contributed by atoms with van der Waals surface area (Å²) in [5, 5.41) is 32.5. The molecule has 0 unspecified atom stereocenters. The Labute approximate surface area is 137 Å². The predicted molar refractivity (Wildman–Crippen MR) is 93.0 cm³/mol. The molecule has 4 rings (SSSR count). The second-order valence-corrected chi connectivity index (χ2v) is 5.58. The van der Waals surface area contributed by atoms with Crippen molar-refractivity contribution in [2.75, 3.05) is 0 Å². The molecule has 0 aromatic heterocycles. The molecule has 118 valence electrons. The first-order valence-electron chi connectivity index (χ1n) is 7.46. The van der Waals surface area contributed by atoms with Crippen molar-refractivity contribution in [2.45, 2.75) is 0 Å². The summed E-state index contributed by atoms with van der Waals surface area (Å²) in [7, 11) is 0. The normalized spacial score (nSPS) is 11.0. The van der Waals surface area contributed by atoms with E-state index in [0.29, 0.717) is 16.9 Å². The molecule has 0 fully saturated rings. The maximum atomic E-state index is 10.1. The van der Waals surface area contributed by atoms with Crippen LogP contribution >= 0.6 is 0 Å². The zero-order chi connectivity index (χ0) is 16.7. The first-order chi connectivity index (χ1) is 11.6. The van der Waals surface area contributed by atoms with Gasteiger partial charge >= 0.3 is 0 Å². The van der Waals surface area contributed by atoms with Crippen molar-refractivity contribution in [3.05, 3.63) is 66.7 Å². The molecule has 0 radical (unpaired) electrons. The average molecular weight is 318 g/mol. The lowest BCUT2D eigenvalue weighted by Gasteiger charge is -2.10. The van der Waals surface area contributed by atoms with E-state index in [4.69, 9.17) is 4.74 Å². The Morgan fingerprint density at radius 2 is 1.33 bits per heavy atom. The van der Waals surface area contributed by atoms with Gasteiger partial charge in [-0.15, -0.1) is 0 Å². The van der Waals surface area contributed by atoms with Crippen LogP contribution in [0.4, 0.5) is 0 Å². The SMILES string of the molecule is Oc1ccc2cc(Oc3cc(O)c4ccccc4c3)ccc2c1O. The Hall–Kier alpha value is -3.40. The molecular formula is C20H14O4. The number of phenols is 3. The maximum absolute atomic E-state index is 10.1. The summed E-state index contributed by atoms with van der Waals surface area (Å²) >= 11 is 0. The van der Waals surface area contributed by atoms with Crippen LogP contribution in [-0.2, 0) is 0 Å². The molecule has 0 amide bonds. The lowest BCUT2D eigenvalue weighted by Crippen LogP contribution is -1.86. The molecule has 0 aliphatic carbocycles. The van der Waals surface area contributed by atoms with Crippen LogP contribution in [0.25, 0.3) is 21.5 Å². The van der Waals surface area contributed by atoms with Crippen molar-refractivity contribution in [3.8, 4) is 28.7 Å². The summed E-state index contributed by atoms with van der Waals surface area (Å²) in [6.45, 7) is 0. The molecule has 4 nitrogen and oxygen atoms in total. The molecule has 0 bridgehead atoms. The third-order valence-corrected chi connectivity index (χ3v) is 3.99. The van der Waals surface area contributed by atoms with Crippen molar-refractivity contribution >= 4 is 21.5 Å². The first kappa shape index (κ1) is 14.2. The number of phenolic OH excluding ortho intramolecular Hbond substituents is 3. The second kappa shape index (κ2) is 5.35. The first-order valence-corrected chi connectivity index (χ1v) is 7.46. The van der Waals surface area contributed by atoms with Gasteiger partial charge in [0, 0.05) is 16.8 Å². The van der Waals surface area contributed by atoms with E-state index in [-0.39, 0.29) is 17.2 Å². The predicted octanol–water partition coefficient (Wildman–Crippen LogP) is 4.90. The van der Waals surface area contributed by atoms with Gasteiger partial charge in [-0.3, -0.25) is 0 Å². The Morgan fingerprint density at radius 3 is 2.21 bits per heavy atom. The number of aromatic hydroxyl groups is 3. The molecule has 3 N–H and O–H groups in total. The van der Waals surface area contributed by atoms with Crippen LogP contribution in [0.3, 0.4) is 0 Å². The Kier molecular flexibility index (Phi) is 3.17. The standard InChI is InChI=1S/C20H14O4/c21-18-8-5-13-9-14(6-7-17(13)20(18)23)24-15-10-12-3-1-2-4-16(12)19(22)11-15/h1-11,21-23H. The van der Waals surface area contributed by atoms with Crippen LogP contribution in [0.1, 0.15) is 0 Å². The fraction of sp³-hybridized carbons (Fsp3) is 0. The van der Waals surface area contributed by atoms with Crippen LogP contribution < -0.4 is 4.74 Å². The molecule has 0 aliphatic rings. The summed E-state index contributed by atoms with van der Waals surface area (Å²) in [4.78, 5) is 0. The monoisotopic (exact) mass is 318 g/mol. The highest BCUT2D eigenvalue weighted by molar-refractivity contribution is 5.92. The molecule has 0 aliphatic heterocycles. The van der Waals surface area contributed by atoms with E-state index in [0.717, 1.165) is 16.2 Å². The number of ether oxygens (including phenoxy) is 1. The number of hydrogen-bond donors (Lipinski definition) is 3. The number of rotatable bonds is 2. The van der Waals surface area contributed by atoms with Gasteiger partial charge in [0.05, 0.1) is 0 Å². The largest absolute Gasteiger partial charge is 0.507 e. The topological polar surface area (TPSA) is 69.9 Å². The van der Waals surface area contributed by atoms with Crippen molar-refractivity contribution in [1.82, 2.24) is 0 Å². The summed E-state index contributed by atoms with van der Waals surface area (Å²) in [5.41, 5.74) is 0. The van der Waals surface area contributed by atoms with Gasteiger partial charge in [-0.25, -0.2) is 0 Å². The van der Waals surface area contributed by atoms with E-state index < -0.39 is 0 Å². The van der Waals surface area contributed by atoms with Crippen LogP contribution in [0, 0.1) is 0 Å². The number of fused-ring (bicyclic) bond motifs is 2. The van der Waals surface area contributed by atoms with Crippen LogP contribution in [-0.4, -0.2) is 15.3 Å². The van der Waals surface area contributed by atoms with Gasteiger partial charge in [0.2, 0.25) is 0 Å². The minimum absolute atomic E-state index is 0.151. The summed E-state index contributed by atoms with van der Waals surface area (Å²) in [6, 6.07) is 19.2. The zero-order valence-corrected chi connectivity index (χ0v) is 12.6. The van der Waals surface area contributed by atoms with Gasteiger partial charge in [0.15, 0.2) is 11.5 Å². The molecule has 0 heterocycles. The van der Waals surface area contributed by atoms with Crippen LogP contribution in [0.15, 0.2) is 66.7 Å². The van der Waals surface area contributed by atoms with E-state index in [1.807, 2.05) is 30.3 Å². The lowest BCUT2D eigenvalue weighted by atomic mass is 10.1. The van der Waals surface area contributed by atoms with Gasteiger partial charge in [0.1, 0.15) is 17.2 Å². The van der Waals surface area contributed by atoms with Crippen molar-refractivity contribution < 1.29 is 20.1 Å². The molecule has 4 heteroatoms. The quantitative estimate of drug-likeness (QED) is 0.460. The lowest BCUT2D eigenvalue weighted by molar-refractivity contribution is 0.408. The molecule has 0 saturated carbocycles. The van der Waals surface area contributed by atoms with E-state index in [2.05, 4.69) is 0 Å². The van der Waals surface area contributed by atoms with E-state index in [1.165, 1.54) is 6.07 Å². The van der Waals surface area contributed by atoms with Crippen molar-refractivity contribution in [1.29, 1.82) is 0 Å². The molecule has 0 atom stereocenters. The fourth-order valence-electron chi connectivity index (χ4n) is 2.80. The Bertz CT molecular complexity index is 1070. The zero-order valence-electron chi connectivity index (χ0n) is 12.6. The van der Waals surface area contributed by atoms with Gasteiger partial charge in [-0.2, -0.15) is 0 Å². The Morgan fingerprint density at radius 1 is 0.583 bits per heavy atom. The second-order valence-electron chi connectivity index (χ2n) is 5.58. The number of hydrogen-bond acceptors (Lipinski definition) is 4. The van der Waals surface area contributed by atoms with Crippen LogP contribution in [0.5, 0.6) is 28.7 Å². The third kappa shape index (κ3) is 2.34. The maximum Gasteiger partial charge on any atom is 0.165 e. The molecule has 24 heavy (non-hydrogen) atoms. The highest BCUT2D eigenvalue weighted by Crippen LogP contribution is 2.37. The van der Waals surface area contributed by atoms with Crippen molar-refractivity contribution in [3.63, 3.8) is 0 Å². The highest BCUT2D eigenvalue weighted by atomic mass is 16.5. The Balaban J connectivity index is 1.75. The van der Waals surface area contributed by atoms with Gasteiger partial charge in [-0.05, 0) is 41.1 Å². The van der Waals surface area contributed by atoms with Gasteiger partial charge < -0.3 is 20.1 Å². The van der Waals surface area contributed by atoms with Crippen LogP contribution in [0.2, 0.25) is 0 Å². The van der Waals surface area contributed by atoms with E-state index >= 15 is 0 Å². The number of benzene rings is 4. The van der Waals surface area contributed by atoms with E-state index in [9.17, 15) is 15.3 Å². The van der Waals surface area contributed by atoms with Gasteiger partial charge in [0.25, 0.3) is 0 Å². The summed E-state index contributed by atoms with van der Waals surface area (Å²) < 4.78 is 5.84. The third-order valence-electron chi connectivity index (χ3n) is 3.99. The van der Waals surface area contributed by atoms with Gasteiger partial charge in [-0.1, -0.05) is 30.3 Å². The minimum Gasteiger partial charge on any atom is -0.507 e.